The van der Waals surface area contributed by atoms with Crippen LogP contribution in [0, 0.1) is 0 Å². The zero-order valence-corrected chi connectivity index (χ0v) is 11.9. The van der Waals surface area contributed by atoms with Gasteiger partial charge < -0.3 is 5.32 Å². The first kappa shape index (κ1) is 13.2. The van der Waals surface area contributed by atoms with E-state index >= 15 is 0 Å². The highest BCUT2D eigenvalue weighted by Gasteiger charge is 2.07. The molecule has 2 aromatic heterocycles. The number of aromatic nitrogens is 4. The summed E-state index contributed by atoms with van der Waals surface area (Å²) in [5.74, 6) is 0.767. The van der Waals surface area contributed by atoms with Crippen LogP contribution in [0.15, 0.2) is 16.1 Å². The SMILES string of the molecule is CCCNc1ncc(CSc2n[nH]c(=O)n2C)s1. The predicted molar refractivity (Wildman–Crippen MR) is 74.3 cm³/mol. The van der Waals surface area contributed by atoms with Crippen molar-refractivity contribution in [3.05, 3.63) is 21.6 Å². The maximum Gasteiger partial charge on any atom is 0.343 e. The molecule has 18 heavy (non-hydrogen) atoms. The Morgan fingerprint density at radius 2 is 2.44 bits per heavy atom. The van der Waals surface area contributed by atoms with Crippen LogP contribution in [0.4, 0.5) is 5.13 Å². The molecule has 0 saturated heterocycles. The molecule has 0 atom stereocenters. The smallest absolute Gasteiger partial charge is 0.343 e. The summed E-state index contributed by atoms with van der Waals surface area (Å²) in [6, 6.07) is 0. The molecule has 0 unspecified atom stereocenters. The van der Waals surface area contributed by atoms with Gasteiger partial charge in [0.05, 0.1) is 0 Å². The summed E-state index contributed by atoms with van der Waals surface area (Å²) in [5.41, 5.74) is -0.188. The Hall–Kier alpha value is -1.28. The van der Waals surface area contributed by atoms with Crippen LogP contribution in [0.25, 0.3) is 0 Å². The Labute approximate surface area is 113 Å². The average Bonchev–Trinajstić information content (AvgIpc) is 2.94. The molecule has 0 spiro atoms. The molecular weight excluding hydrogens is 270 g/mol. The highest BCUT2D eigenvalue weighted by atomic mass is 32.2. The fourth-order valence-electron chi connectivity index (χ4n) is 1.29. The van der Waals surface area contributed by atoms with Crippen LogP contribution in [-0.4, -0.2) is 26.3 Å². The summed E-state index contributed by atoms with van der Waals surface area (Å²) in [6.45, 7) is 3.06. The third kappa shape index (κ3) is 3.14. The number of hydrogen-bond acceptors (Lipinski definition) is 6. The van der Waals surface area contributed by atoms with Crippen molar-refractivity contribution < 1.29 is 0 Å². The number of thioether (sulfide) groups is 1. The number of H-pyrrole nitrogens is 1. The number of thiazole rings is 1. The number of nitrogens with one attached hydrogen (secondary N) is 2. The standard InChI is InChI=1S/C10H15N5OS2/c1-3-4-11-8-12-5-7(18-8)6-17-10-14-13-9(16)15(10)2/h5H,3-4,6H2,1-2H3,(H,11,12)(H,13,16). The van der Waals surface area contributed by atoms with Crippen LogP contribution in [0.1, 0.15) is 18.2 Å². The van der Waals surface area contributed by atoms with E-state index in [9.17, 15) is 4.79 Å². The van der Waals surface area contributed by atoms with Crippen molar-refractivity contribution in [2.75, 3.05) is 11.9 Å². The molecule has 2 N–H and O–H groups in total. The number of rotatable bonds is 6. The van der Waals surface area contributed by atoms with Crippen LogP contribution in [-0.2, 0) is 12.8 Å². The summed E-state index contributed by atoms with van der Waals surface area (Å²) < 4.78 is 1.50. The number of hydrogen-bond donors (Lipinski definition) is 2. The fourth-order valence-corrected chi connectivity index (χ4v) is 3.06. The van der Waals surface area contributed by atoms with E-state index in [1.807, 2.05) is 6.20 Å². The van der Waals surface area contributed by atoms with Crippen LogP contribution in [0.2, 0.25) is 0 Å². The van der Waals surface area contributed by atoms with Gasteiger partial charge in [0.1, 0.15) is 0 Å². The second-order valence-corrected chi connectivity index (χ2v) is 5.78. The summed E-state index contributed by atoms with van der Waals surface area (Å²) in [6.07, 6.45) is 2.94. The third-order valence-corrected chi connectivity index (χ3v) is 4.48. The minimum atomic E-state index is -0.188. The van der Waals surface area contributed by atoms with E-state index in [4.69, 9.17) is 0 Å². The molecule has 2 aromatic rings. The molecule has 2 heterocycles. The molecule has 6 nitrogen and oxygen atoms in total. The highest BCUT2D eigenvalue weighted by molar-refractivity contribution is 7.98. The van der Waals surface area contributed by atoms with Crippen LogP contribution < -0.4 is 11.0 Å². The molecule has 98 valence electrons. The fraction of sp³-hybridized carbons (Fsp3) is 0.500. The van der Waals surface area contributed by atoms with E-state index in [0.717, 1.165) is 28.7 Å². The van der Waals surface area contributed by atoms with Crippen molar-refractivity contribution in [1.82, 2.24) is 19.7 Å². The summed E-state index contributed by atoms with van der Waals surface area (Å²) in [7, 11) is 1.70. The van der Waals surface area contributed by atoms with Gasteiger partial charge >= 0.3 is 5.69 Å². The van der Waals surface area contributed by atoms with Crippen molar-refractivity contribution in [3.63, 3.8) is 0 Å². The predicted octanol–water partition coefficient (Wildman–Crippen LogP) is 1.68. The number of nitrogens with zero attached hydrogens (tertiary/aromatic N) is 3. The molecule has 0 saturated carbocycles. The normalized spacial score (nSPS) is 10.8. The summed E-state index contributed by atoms with van der Waals surface area (Å²) >= 11 is 3.16. The molecule has 0 radical (unpaired) electrons. The van der Waals surface area contributed by atoms with E-state index in [2.05, 4.69) is 27.4 Å². The van der Waals surface area contributed by atoms with Gasteiger partial charge in [0.2, 0.25) is 0 Å². The second-order valence-electron chi connectivity index (χ2n) is 3.72. The lowest BCUT2D eigenvalue weighted by Crippen LogP contribution is -2.12. The summed E-state index contributed by atoms with van der Waals surface area (Å²) in [5, 5.41) is 11.3. The van der Waals surface area contributed by atoms with Gasteiger partial charge in [-0.3, -0.25) is 4.57 Å². The van der Waals surface area contributed by atoms with Gasteiger partial charge in [-0.25, -0.2) is 14.9 Å². The molecule has 0 aliphatic heterocycles. The Kier molecular flexibility index (Phi) is 4.43. The van der Waals surface area contributed by atoms with Gasteiger partial charge in [-0.05, 0) is 6.42 Å². The third-order valence-electron chi connectivity index (χ3n) is 2.26. The first-order chi connectivity index (χ1) is 8.70. The maximum absolute atomic E-state index is 11.2. The van der Waals surface area contributed by atoms with E-state index in [0.29, 0.717) is 5.16 Å². The van der Waals surface area contributed by atoms with Gasteiger partial charge in [0.25, 0.3) is 0 Å². The van der Waals surface area contributed by atoms with E-state index in [1.165, 1.54) is 16.3 Å². The lowest BCUT2D eigenvalue weighted by atomic mass is 10.5. The summed E-state index contributed by atoms with van der Waals surface area (Å²) in [4.78, 5) is 16.6. The monoisotopic (exact) mass is 285 g/mol. The van der Waals surface area contributed by atoms with Gasteiger partial charge in [-0.1, -0.05) is 18.7 Å². The first-order valence-electron chi connectivity index (χ1n) is 5.63. The zero-order valence-electron chi connectivity index (χ0n) is 10.3. The average molecular weight is 285 g/mol. The zero-order chi connectivity index (χ0) is 13.0. The van der Waals surface area contributed by atoms with E-state index in [-0.39, 0.29) is 5.69 Å². The van der Waals surface area contributed by atoms with Crippen molar-refractivity contribution in [3.8, 4) is 0 Å². The largest absolute Gasteiger partial charge is 0.362 e. The van der Waals surface area contributed by atoms with Crippen molar-refractivity contribution in [2.24, 2.45) is 7.05 Å². The topological polar surface area (TPSA) is 75.6 Å². The van der Waals surface area contributed by atoms with Crippen molar-refractivity contribution >= 4 is 28.2 Å². The Balaban J connectivity index is 1.92. The molecule has 0 aliphatic rings. The molecule has 0 aromatic carbocycles. The maximum atomic E-state index is 11.2. The van der Waals surface area contributed by atoms with Crippen molar-refractivity contribution in [2.45, 2.75) is 24.3 Å². The Morgan fingerprint density at radius 3 is 3.11 bits per heavy atom. The van der Waals surface area contributed by atoms with E-state index in [1.54, 1.807) is 18.4 Å². The number of anilines is 1. The van der Waals surface area contributed by atoms with Crippen LogP contribution in [0.5, 0.6) is 0 Å². The molecule has 2 rings (SSSR count). The Morgan fingerprint density at radius 1 is 1.61 bits per heavy atom. The quantitative estimate of drug-likeness (QED) is 0.790. The van der Waals surface area contributed by atoms with Gasteiger partial charge in [-0.2, -0.15) is 0 Å². The van der Waals surface area contributed by atoms with Gasteiger partial charge in [0, 0.05) is 30.4 Å². The lowest BCUT2D eigenvalue weighted by Gasteiger charge is -1.98. The molecule has 0 amide bonds. The molecule has 0 aliphatic carbocycles. The van der Waals surface area contributed by atoms with Gasteiger partial charge in [0.15, 0.2) is 10.3 Å². The molecule has 0 bridgehead atoms. The highest BCUT2D eigenvalue weighted by Crippen LogP contribution is 2.25. The molecular formula is C10H15N5OS2. The minimum Gasteiger partial charge on any atom is -0.362 e. The molecule has 8 heteroatoms. The Bertz CT molecular complexity index is 559. The van der Waals surface area contributed by atoms with Gasteiger partial charge in [-0.15, -0.1) is 16.4 Å². The van der Waals surface area contributed by atoms with E-state index < -0.39 is 0 Å². The first-order valence-corrected chi connectivity index (χ1v) is 7.43. The lowest BCUT2D eigenvalue weighted by molar-refractivity contribution is 0.766. The van der Waals surface area contributed by atoms with Crippen LogP contribution in [0.3, 0.4) is 0 Å². The minimum absolute atomic E-state index is 0.188. The molecule has 0 fully saturated rings. The second kappa shape index (κ2) is 6.05. The van der Waals surface area contributed by atoms with Crippen LogP contribution >= 0.6 is 23.1 Å². The van der Waals surface area contributed by atoms with Crippen molar-refractivity contribution in [1.29, 1.82) is 0 Å². The number of aromatic amines is 1.